The monoisotopic (exact) mass is 244 g/mol. The molecule has 2 aliphatic heterocycles. The zero-order chi connectivity index (χ0) is 13.1. The number of aldehydes is 1. The van der Waals surface area contributed by atoms with Gasteiger partial charge in [-0.25, -0.2) is 0 Å². The number of ether oxygens (including phenoxy) is 3. The highest BCUT2D eigenvalue weighted by Crippen LogP contribution is 2.54. The van der Waals surface area contributed by atoms with Gasteiger partial charge in [0.15, 0.2) is 12.1 Å². The van der Waals surface area contributed by atoms with E-state index in [9.17, 15) is 14.7 Å². The molecule has 0 unspecified atom stereocenters. The van der Waals surface area contributed by atoms with E-state index in [0.29, 0.717) is 6.29 Å². The lowest BCUT2D eigenvalue weighted by Gasteiger charge is -2.28. The van der Waals surface area contributed by atoms with Crippen molar-refractivity contribution in [1.29, 1.82) is 0 Å². The molecule has 0 bridgehead atoms. The molecule has 1 N–H and O–H groups in total. The number of ketones is 1. The van der Waals surface area contributed by atoms with Gasteiger partial charge in [0.1, 0.15) is 5.60 Å². The molecule has 0 saturated carbocycles. The Balaban J connectivity index is 2.36. The lowest BCUT2D eigenvalue weighted by Crippen LogP contribution is -2.45. The quantitative estimate of drug-likeness (QED) is 0.695. The molecule has 0 radical (unpaired) electrons. The van der Waals surface area contributed by atoms with E-state index >= 15 is 0 Å². The van der Waals surface area contributed by atoms with Crippen molar-refractivity contribution in [3.63, 3.8) is 0 Å². The van der Waals surface area contributed by atoms with E-state index in [1.54, 1.807) is 6.92 Å². The zero-order valence-electron chi connectivity index (χ0n) is 10.3. The Hall–Kier alpha value is -0.820. The minimum Gasteiger partial charge on any atom is -0.361 e. The largest absolute Gasteiger partial charge is 0.361 e. The second kappa shape index (κ2) is 3.14. The molecular weight excluding hydrogens is 228 g/mol. The Morgan fingerprint density at radius 2 is 1.82 bits per heavy atom. The number of aliphatic hydroxyl groups is 1. The molecule has 4 atom stereocenters. The fourth-order valence-electron chi connectivity index (χ4n) is 2.38. The minimum absolute atomic E-state index is 0.0741. The van der Waals surface area contributed by atoms with E-state index in [2.05, 4.69) is 0 Å². The third-order valence-corrected chi connectivity index (χ3v) is 3.43. The Bertz CT molecular complexity index is 371. The highest BCUT2D eigenvalue weighted by atomic mass is 16.9. The van der Waals surface area contributed by atoms with Crippen LogP contribution in [-0.4, -0.2) is 40.1 Å². The number of rotatable bonds is 2. The SMILES string of the molecule is CC(=O)[C@@]1(C)C[C@]2(O)O[C@](C)(C=O)O[C@]2(C)O1. The summed E-state index contributed by atoms with van der Waals surface area (Å²) in [7, 11) is 0. The first-order valence-corrected chi connectivity index (χ1v) is 5.38. The Kier molecular flexibility index (Phi) is 2.33. The van der Waals surface area contributed by atoms with Crippen molar-refractivity contribution in [2.24, 2.45) is 0 Å². The van der Waals surface area contributed by atoms with Gasteiger partial charge in [-0.1, -0.05) is 0 Å². The highest BCUT2D eigenvalue weighted by molar-refractivity contribution is 5.85. The van der Waals surface area contributed by atoms with Gasteiger partial charge in [-0.05, 0) is 27.7 Å². The summed E-state index contributed by atoms with van der Waals surface area (Å²) in [6.45, 7) is 5.76. The van der Waals surface area contributed by atoms with Crippen molar-refractivity contribution < 1.29 is 28.9 Å². The van der Waals surface area contributed by atoms with Gasteiger partial charge in [0.05, 0.1) is 0 Å². The number of hydrogen-bond acceptors (Lipinski definition) is 6. The summed E-state index contributed by atoms with van der Waals surface area (Å²) in [5, 5.41) is 10.4. The third-order valence-electron chi connectivity index (χ3n) is 3.43. The summed E-state index contributed by atoms with van der Waals surface area (Å²) < 4.78 is 16.1. The van der Waals surface area contributed by atoms with Gasteiger partial charge < -0.3 is 19.3 Å². The molecule has 96 valence electrons. The molecule has 2 saturated heterocycles. The lowest BCUT2D eigenvalue weighted by molar-refractivity contribution is -0.270. The van der Waals surface area contributed by atoms with Crippen LogP contribution in [0.25, 0.3) is 0 Å². The average molecular weight is 244 g/mol. The van der Waals surface area contributed by atoms with Gasteiger partial charge >= 0.3 is 0 Å². The van der Waals surface area contributed by atoms with Gasteiger partial charge in [0, 0.05) is 6.42 Å². The van der Waals surface area contributed by atoms with Crippen LogP contribution in [0.5, 0.6) is 0 Å². The maximum Gasteiger partial charge on any atom is 0.228 e. The molecule has 0 aromatic carbocycles. The summed E-state index contributed by atoms with van der Waals surface area (Å²) in [5.41, 5.74) is -1.17. The summed E-state index contributed by atoms with van der Waals surface area (Å²) in [6, 6.07) is 0. The standard InChI is InChI=1S/C11H16O6/c1-7(13)8(2)5-11(14)10(4,15-8)16-9(3,6-12)17-11/h6,14H,5H2,1-4H3/t8-,9-,10+,11+/m1/s1. The topological polar surface area (TPSA) is 82.1 Å². The number of Topliss-reactive ketones (excluding diaryl/α,β-unsaturated/α-hetero) is 1. The highest BCUT2D eigenvalue weighted by Gasteiger charge is 2.72. The van der Waals surface area contributed by atoms with Gasteiger partial charge in [-0.3, -0.25) is 9.59 Å². The van der Waals surface area contributed by atoms with Crippen LogP contribution < -0.4 is 0 Å². The average Bonchev–Trinajstić information content (AvgIpc) is 2.44. The molecule has 2 rings (SSSR count). The molecule has 0 spiro atoms. The van der Waals surface area contributed by atoms with Crippen LogP contribution >= 0.6 is 0 Å². The maximum absolute atomic E-state index is 11.5. The molecule has 0 aliphatic carbocycles. The third kappa shape index (κ3) is 1.55. The van der Waals surface area contributed by atoms with E-state index in [1.165, 1.54) is 20.8 Å². The van der Waals surface area contributed by atoms with Gasteiger partial charge in [-0.15, -0.1) is 0 Å². The lowest BCUT2D eigenvalue weighted by atomic mass is 9.94. The van der Waals surface area contributed by atoms with Crippen molar-refractivity contribution in [1.82, 2.24) is 0 Å². The normalized spacial score (nSPS) is 53.5. The van der Waals surface area contributed by atoms with Gasteiger partial charge in [0.25, 0.3) is 0 Å². The number of carbonyl (C=O) groups is 2. The predicted octanol–water partition coefficient (Wildman–Crippen LogP) is 0.121. The predicted molar refractivity (Wildman–Crippen MR) is 54.8 cm³/mol. The van der Waals surface area contributed by atoms with E-state index < -0.39 is 23.0 Å². The fourth-order valence-corrected chi connectivity index (χ4v) is 2.38. The van der Waals surface area contributed by atoms with Crippen LogP contribution in [0.3, 0.4) is 0 Å². The molecular formula is C11H16O6. The zero-order valence-corrected chi connectivity index (χ0v) is 10.3. The van der Waals surface area contributed by atoms with Crippen LogP contribution in [0.4, 0.5) is 0 Å². The fraction of sp³-hybridized carbons (Fsp3) is 0.818. The Morgan fingerprint density at radius 3 is 2.24 bits per heavy atom. The van der Waals surface area contributed by atoms with E-state index in [1.807, 2.05) is 0 Å². The first-order valence-electron chi connectivity index (χ1n) is 5.38. The van der Waals surface area contributed by atoms with Crippen LogP contribution in [0.2, 0.25) is 0 Å². The molecule has 0 aromatic rings. The molecule has 6 nitrogen and oxygen atoms in total. The molecule has 0 amide bonds. The van der Waals surface area contributed by atoms with Crippen molar-refractivity contribution in [3.05, 3.63) is 0 Å². The second-order valence-electron chi connectivity index (χ2n) is 5.13. The smallest absolute Gasteiger partial charge is 0.228 e. The molecule has 2 fully saturated rings. The van der Waals surface area contributed by atoms with Crippen molar-refractivity contribution in [2.45, 2.75) is 57.1 Å². The first kappa shape index (κ1) is 12.6. The van der Waals surface area contributed by atoms with Crippen molar-refractivity contribution >= 4 is 12.1 Å². The van der Waals surface area contributed by atoms with Gasteiger partial charge in [-0.2, -0.15) is 0 Å². The Morgan fingerprint density at radius 1 is 1.24 bits per heavy atom. The number of fused-ring (bicyclic) bond motifs is 1. The molecule has 17 heavy (non-hydrogen) atoms. The second-order valence-corrected chi connectivity index (χ2v) is 5.13. The van der Waals surface area contributed by atoms with Crippen LogP contribution in [-0.2, 0) is 23.8 Å². The van der Waals surface area contributed by atoms with Crippen molar-refractivity contribution in [3.8, 4) is 0 Å². The number of carbonyl (C=O) groups excluding carboxylic acids is 2. The van der Waals surface area contributed by atoms with Gasteiger partial charge in [0.2, 0.25) is 17.4 Å². The molecule has 2 heterocycles. The molecule has 2 aliphatic rings. The van der Waals surface area contributed by atoms with Crippen LogP contribution in [0.1, 0.15) is 34.1 Å². The first-order chi connectivity index (χ1) is 7.58. The van der Waals surface area contributed by atoms with Crippen molar-refractivity contribution in [2.75, 3.05) is 0 Å². The van der Waals surface area contributed by atoms with Crippen LogP contribution in [0, 0.1) is 0 Å². The van der Waals surface area contributed by atoms with E-state index in [0.717, 1.165) is 0 Å². The maximum atomic E-state index is 11.5. The summed E-state index contributed by atoms with van der Waals surface area (Å²) >= 11 is 0. The van der Waals surface area contributed by atoms with E-state index in [4.69, 9.17) is 14.2 Å². The summed E-state index contributed by atoms with van der Waals surface area (Å²) in [5.74, 6) is -5.12. The molecule has 6 heteroatoms. The van der Waals surface area contributed by atoms with Crippen LogP contribution in [0.15, 0.2) is 0 Å². The summed E-state index contributed by atoms with van der Waals surface area (Å²) in [4.78, 5) is 22.4. The number of hydrogen-bond donors (Lipinski definition) is 1. The van der Waals surface area contributed by atoms with E-state index in [-0.39, 0.29) is 12.2 Å². The Labute approximate surface area is 98.8 Å². The minimum atomic E-state index is -1.80. The molecule has 0 aromatic heterocycles. The summed E-state index contributed by atoms with van der Waals surface area (Å²) in [6.07, 6.45) is 0.373.